The maximum Gasteiger partial charge on any atom is 0.259 e. The zero-order valence-corrected chi connectivity index (χ0v) is 9.23. The fraction of sp³-hybridized carbons (Fsp3) is 0.0769. The molecule has 0 radical (unpaired) electrons. The lowest BCUT2D eigenvalue weighted by atomic mass is 10.2. The van der Waals surface area contributed by atoms with E-state index in [1.54, 1.807) is 24.5 Å². The van der Waals surface area contributed by atoms with E-state index >= 15 is 0 Å². The standard InChI is InChI=1S/C13H10N2O2/c1-8-4-5-9-10(7-8)14-12(15-13(9)16)11-3-2-6-17-11/h2-7H,1H3,(H,14,15,16). The van der Waals surface area contributed by atoms with Crippen LogP contribution in [-0.2, 0) is 0 Å². The number of fused-ring (bicyclic) bond motifs is 1. The van der Waals surface area contributed by atoms with Crippen molar-refractivity contribution in [3.8, 4) is 11.6 Å². The van der Waals surface area contributed by atoms with Gasteiger partial charge in [-0.15, -0.1) is 0 Å². The quantitative estimate of drug-likeness (QED) is 0.693. The Hall–Kier alpha value is -2.36. The van der Waals surface area contributed by atoms with E-state index in [4.69, 9.17) is 4.42 Å². The molecule has 0 saturated carbocycles. The van der Waals surface area contributed by atoms with E-state index in [1.165, 1.54) is 0 Å². The van der Waals surface area contributed by atoms with Gasteiger partial charge in [-0.05, 0) is 36.8 Å². The molecule has 4 nitrogen and oxygen atoms in total. The minimum Gasteiger partial charge on any atom is -0.461 e. The predicted molar refractivity (Wildman–Crippen MR) is 64.8 cm³/mol. The third-order valence-electron chi connectivity index (χ3n) is 2.62. The fourth-order valence-electron chi connectivity index (χ4n) is 1.78. The molecule has 0 saturated heterocycles. The molecule has 1 aromatic carbocycles. The maximum absolute atomic E-state index is 11.9. The highest BCUT2D eigenvalue weighted by Crippen LogP contribution is 2.17. The Morgan fingerprint density at radius 3 is 2.94 bits per heavy atom. The normalized spacial score (nSPS) is 10.9. The summed E-state index contributed by atoms with van der Waals surface area (Å²) in [5.41, 5.74) is 1.60. The van der Waals surface area contributed by atoms with Crippen molar-refractivity contribution in [3.63, 3.8) is 0 Å². The van der Waals surface area contributed by atoms with Crippen LogP contribution in [0.3, 0.4) is 0 Å². The molecule has 0 spiro atoms. The summed E-state index contributed by atoms with van der Waals surface area (Å²) in [7, 11) is 0. The summed E-state index contributed by atoms with van der Waals surface area (Å²) in [5, 5.41) is 0.589. The van der Waals surface area contributed by atoms with E-state index in [-0.39, 0.29) is 5.56 Å². The van der Waals surface area contributed by atoms with Crippen LogP contribution >= 0.6 is 0 Å². The van der Waals surface area contributed by atoms with E-state index in [2.05, 4.69) is 9.97 Å². The molecule has 17 heavy (non-hydrogen) atoms. The van der Waals surface area contributed by atoms with Gasteiger partial charge in [0.1, 0.15) is 0 Å². The van der Waals surface area contributed by atoms with Crippen molar-refractivity contribution < 1.29 is 4.42 Å². The molecule has 0 aliphatic rings. The van der Waals surface area contributed by atoms with Crippen molar-refractivity contribution >= 4 is 10.9 Å². The van der Waals surface area contributed by atoms with Gasteiger partial charge >= 0.3 is 0 Å². The molecule has 0 unspecified atom stereocenters. The number of nitrogens with zero attached hydrogens (tertiary/aromatic N) is 1. The number of benzene rings is 1. The lowest BCUT2D eigenvalue weighted by Gasteiger charge is -2.01. The number of rotatable bonds is 1. The van der Waals surface area contributed by atoms with Gasteiger partial charge in [-0.3, -0.25) is 4.79 Å². The number of hydrogen-bond donors (Lipinski definition) is 1. The zero-order chi connectivity index (χ0) is 11.8. The van der Waals surface area contributed by atoms with Gasteiger partial charge < -0.3 is 9.40 Å². The van der Waals surface area contributed by atoms with Crippen molar-refractivity contribution in [3.05, 3.63) is 52.5 Å². The Morgan fingerprint density at radius 2 is 2.18 bits per heavy atom. The predicted octanol–water partition coefficient (Wildman–Crippen LogP) is 2.49. The van der Waals surface area contributed by atoms with Gasteiger partial charge in [0.25, 0.3) is 5.56 Å². The summed E-state index contributed by atoms with van der Waals surface area (Å²) in [6.45, 7) is 1.97. The minimum absolute atomic E-state index is 0.151. The molecule has 0 bridgehead atoms. The number of aryl methyl sites for hydroxylation is 1. The van der Waals surface area contributed by atoms with Crippen LogP contribution in [0.2, 0.25) is 0 Å². The average molecular weight is 226 g/mol. The Kier molecular flexibility index (Phi) is 2.08. The van der Waals surface area contributed by atoms with E-state index in [1.807, 2.05) is 19.1 Å². The van der Waals surface area contributed by atoms with Gasteiger partial charge in [0.2, 0.25) is 0 Å². The summed E-state index contributed by atoms with van der Waals surface area (Å²) in [6, 6.07) is 9.08. The fourth-order valence-corrected chi connectivity index (χ4v) is 1.78. The molecule has 84 valence electrons. The van der Waals surface area contributed by atoms with Crippen LogP contribution < -0.4 is 5.56 Å². The largest absolute Gasteiger partial charge is 0.461 e. The third kappa shape index (κ3) is 1.63. The molecular formula is C13H10N2O2. The molecule has 0 aliphatic heterocycles. The first-order valence-electron chi connectivity index (χ1n) is 5.28. The highest BCUT2D eigenvalue weighted by atomic mass is 16.3. The number of nitrogens with one attached hydrogen (secondary N) is 1. The van der Waals surface area contributed by atoms with Crippen LogP contribution in [0.25, 0.3) is 22.5 Å². The third-order valence-corrected chi connectivity index (χ3v) is 2.62. The highest BCUT2D eigenvalue weighted by Gasteiger charge is 2.07. The van der Waals surface area contributed by atoms with Crippen molar-refractivity contribution in [2.45, 2.75) is 6.92 Å². The van der Waals surface area contributed by atoms with E-state index in [0.717, 1.165) is 5.56 Å². The summed E-state index contributed by atoms with van der Waals surface area (Å²) in [4.78, 5) is 19.0. The molecule has 2 aromatic heterocycles. The summed E-state index contributed by atoms with van der Waals surface area (Å²) < 4.78 is 5.22. The molecular weight excluding hydrogens is 216 g/mol. The molecule has 2 heterocycles. The lowest BCUT2D eigenvalue weighted by molar-refractivity contribution is 0.577. The van der Waals surface area contributed by atoms with Crippen LogP contribution in [0.4, 0.5) is 0 Å². The summed E-state index contributed by atoms with van der Waals surface area (Å²) >= 11 is 0. The number of aromatic nitrogens is 2. The summed E-state index contributed by atoms with van der Waals surface area (Å²) in [5.74, 6) is 1.02. The number of aromatic amines is 1. The first-order valence-corrected chi connectivity index (χ1v) is 5.28. The molecule has 0 fully saturated rings. The van der Waals surface area contributed by atoms with Crippen molar-refractivity contribution in [2.75, 3.05) is 0 Å². The van der Waals surface area contributed by atoms with Gasteiger partial charge in [-0.25, -0.2) is 4.98 Å². The van der Waals surface area contributed by atoms with Gasteiger partial charge in [0.15, 0.2) is 11.6 Å². The maximum atomic E-state index is 11.9. The lowest BCUT2D eigenvalue weighted by Crippen LogP contribution is -2.09. The number of H-pyrrole nitrogens is 1. The minimum atomic E-state index is -0.151. The molecule has 0 atom stereocenters. The SMILES string of the molecule is Cc1ccc2c(=O)[nH]c(-c3ccco3)nc2c1. The Bertz CT molecular complexity index is 727. The van der Waals surface area contributed by atoms with Gasteiger partial charge in [0.05, 0.1) is 17.2 Å². The number of furan rings is 1. The zero-order valence-electron chi connectivity index (χ0n) is 9.23. The van der Waals surface area contributed by atoms with Crippen LogP contribution in [0, 0.1) is 6.92 Å². The van der Waals surface area contributed by atoms with E-state index < -0.39 is 0 Å². The Labute approximate surface area is 96.9 Å². The van der Waals surface area contributed by atoms with Gasteiger partial charge in [-0.1, -0.05) is 6.07 Å². The highest BCUT2D eigenvalue weighted by molar-refractivity contribution is 5.79. The number of hydrogen-bond acceptors (Lipinski definition) is 3. The summed E-state index contributed by atoms with van der Waals surface area (Å²) in [6.07, 6.45) is 1.55. The van der Waals surface area contributed by atoms with Crippen molar-refractivity contribution in [1.82, 2.24) is 9.97 Å². The Balaban J connectivity index is 2.33. The molecule has 0 amide bonds. The second-order valence-corrected chi connectivity index (χ2v) is 3.91. The topological polar surface area (TPSA) is 58.9 Å². The smallest absolute Gasteiger partial charge is 0.259 e. The van der Waals surface area contributed by atoms with Crippen LogP contribution in [0.1, 0.15) is 5.56 Å². The van der Waals surface area contributed by atoms with Crippen LogP contribution in [0.5, 0.6) is 0 Å². The second-order valence-electron chi connectivity index (χ2n) is 3.91. The molecule has 3 rings (SSSR count). The molecule has 0 aliphatic carbocycles. The van der Waals surface area contributed by atoms with Crippen LogP contribution in [0.15, 0.2) is 45.8 Å². The van der Waals surface area contributed by atoms with E-state index in [0.29, 0.717) is 22.5 Å². The van der Waals surface area contributed by atoms with E-state index in [9.17, 15) is 4.79 Å². The molecule has 4 heteroatoms. The first-order chi connectivity index (χ1) is 8.24. The van der Waals surface area contributed by atoms with Gasteiger partial charge in [-0.2, -0.15) is 0 Å². The van der Waals surface area contributed by atoms with Gasteiger partial charge in [0, 0.05) is 0 Å². The second kappa shape index (κ2) is 3.59. The van der Waals surface area contributed by atoms with Crippen LogP contribution in [-0.4, -0.2) is 9.97 Å². The van der Waals surface area contributed by atoms with Crippen molar-refractivity contribution in [2.24, 2.45) is 0 Å². The first kappa shape index (κ1) is 9.84. The van der Waals surface area contributed by atoms with Crippen molar-refractivity contribution in [1.29, 1.82) is 0 Å². The molecule has 3 aromatic rings. The molecule has 1 N–H and O–H groups in total. The Morgan fingerprint density at radius 1 is 1.29 bits per heavy atom. The average Bonchev–Trinajstić information content (AvgIpc) is 2.81. The monoisotopic (exact) mass is 226 g/mol.